The number of nitrogens with zero attached hydrogens (tertiary/aromatic N) is 1. The lowest BCUT2D eigenvalue weighted by Gasteiger charge is -2.10. The Morgan fingerprint density at radius 1 is 1.56 bits per heavy atom. The van der Waals surface area contributed by atoms with Gasteiger partial charge in [-0.2, -0.15) is 0 Å². The van der Waals surface area contributed by atoms with E-state index in [2.05, 4.69) is 0 Å². The molecule has 0 bridgehead atoms. The third kappa shape index (κ3) is 0.906. The molecule has 16 heavy (non-hydrogen) atoms. The number of benzene rings is 1. The SMILES string of the molecule is COc1ccc2c(c1)C1(CC1N)C(=O)N2C. The van der Waals surface area contributed by atoms with Crippen molar-refractivity contribution in [3.63, 3.8) is 0 Å². The van der Waals surface area contributed by atoms with Crippen molar-refractivity contribution < 1.29 is 9.53 Å². The first-order valence-corrected chi connectivity index (χ1v) is 5.33. The topological polar surface area (TPSA) is 55.6 Å². The fraction of sp³-hybridized carbons (Fsp3) is 0.417. The second-order valence-electron chi connectivity index (χ2n) is 4.53. The number of carbonyl (C=O) groups excluding carboxylic acids is 1. The molecule has 3 rings (SSSR count). The Hall–Kier alpha value is -1.55. The first kappa shape index (κ1) is 9.66. The van der Waals surface area contributed by atoms with Gasteiger partial charge >= 0.3 is 0 Å². The Kier molecular flexibility index (Phi) is 1.67. The molecule has 1 fully saturated rings. The van der Waals surface area contributed by atoms with E-state index in [4.69, 9.17) is 10.5 Å². The number of hydrogen-bond acceptors (Lipinski definition) is 3. The number of anilines is 1. The Morgan fingerprint density at radius 2 is 2.25 bits per heavy atom. The van der Waals surface area contributed by atoms with Crippen LogP contribution in [0.3, 0.4) is 0 Å². The fourth-order valence-corrected chi connectivity index (χ4v) is 2.66. The molecule has 2 unspecified atom stereocenters. The number of methoxy groups -OCH3 is 1. The van der Waals surface area contributed by atoms with Gasteiger partial charge in [-0.1, -0.05) is 0 Å². The molecule has 0 saturated heterocycles. The number of amides is 1. The molecule has 2 aliphatic rings. The Bertz CT molecular complexity index is 486. The summed E-state index contributed by atoms with van der Waals surface area (Å²) in [6.07, 6.45) is 0.746. The molecule has 0 radical (unpaired) electrons. The van der Waals surface area contributed by atoms with Gasteiger partial charge in [0.1, 0.15) is 5.75 Å². The molecule has 1 aromatic rings. The molecule has 4 nitrogen and oxygen atoms in total. The molecule has 84 valence electrons. The van der Waals surface area contributed by atoms with E-state index < -0.39 is 5.41 Å². The molecule has 2 N–H and O–H groups in total. The van der Waals surface area contributed by atoms with Crippen LogP contribution in [0.15, 0.2) is 18.2 Å². The summed E-state index contributed by atoms with van der Waals surface area (Å²) in [5.41, 5.74) is 7.45. The highest BCUT2D eigenvalue weighted by Crippen LogP contribution is 2.56. The van der Waals surface area contributed by atoms with Crippen LogP contribution in [-0.4, -0.2) is 26.1 Å². The molecule has 1 spiro atoms. The maximum Gasteiger partial charge on any atom is 0.239 e. The minimum absolute atomic E-state index is 0.0455. The van der Waals surface area contributed by atoms with E-state index in [-0.39, 0.29) is 11.9 Å². The van der Waals surface area contributed by atoms with Crippen LogP contribution in [-0.2, 0) is 10.2 Å². The summed E-state index contributed by atoms with van der Waals surface area (Å²) >= 11 is 0. The minimum Gasteiger partial charge on any atom is -0.497 e. The second-order valence-corrected chi connectivity index (χ2v) is 4.53. The number of carbonyl (C=O) groups is 1. The van der Waals surface area contributed by atoms with Crippen molar-refractivity contribution in [3.05, 3.63) is 23.8 Å². The summed E-state index contributed by atoms with van der Waals surface area (Å²) in [7, 11) is 3.43. The molecule has 0 aromatic heterocycles. The van der Waals surface area contributed by atoms with Crippen LogP contribution in [0.25, 0.3) is 0 Å². The van der Waals surface area contributed by atoms with E-state index in [0.717, 1.165) is 23.4 Å². The maximum atomic E-state index is 12.2. The monoisotopic (exact) mass is 218 g/mol. The van der Waals surface area contributed by atoms with Crippen molar-refractivity contribution in [2.45, 2.75) is 17.9 Å². The highest BCUT2D eigenvalue weighted by atomic mass is 16.5. The van der Waals surface area contributed by atoms with Crippen molar-refractivity contribution in [1.82, 2.24) is 0 Å². The highest BCUT2D eigenvalue weighted by molar-refractivity contribution is 6.11. The van der Waals surface area contributed by atoms with Crippen LogP contribution in [0, 0.1) is 0 Å². The van der Waals surface area contributed by atoms with Gasteiger partial charge in [0.15, 0.2) is 0 Å². The summed E-state index contributed by atoms with van der Waals surface area (Å²) in [6.45, 7) is 0. The number of rotatable bonds is 1. The van der Waals surface area contributed by atoms with Crippen molar-refractivity contribution in [2.75, 3.05) is 19.1 Å². The lowest BCUT2D eigenvalue weighted by Crippen LogP contribution is -2.32. The second kappa shape index (κ2) is 2.77. The first-order chi connectivity index (χ1) is 7.61. The molecule has 1 aromatic carbocycles. The molecular weight excluding hydrogens is 204 g/mol. The zero-order valence-corrected chi connectivity index (χ0v) is 9.36. The fourth-order valence-electron chi connectivity index (χ4n) is 2.66. The number of nitrogens with two attached hydrogens (primary N) is 1. The lowest BCUT2D eigenvalue weighted by molar-refractivity contribution is -0.120. The first-order valence-electron chi connectivity index (χ1n) is 5.33. The van der Waals surface area contributed by atoms with E-state index in [1.54, 1.807) is 19.1 Å². The number of ether oxygens (including phenoxy) is 1. The maximum absolute atomic E-state index is 12.2. The van der Waals surface area contributed by atoms with Gasteiger partial charge < -0.3 is 15.4 Å². The van der Waals surface area contributed by atoms with Crippen LogP contribution >= 0.6 is 0 Å². The third-order valence-corrected chi connectivity index (χ3v) is 3.75. The number of hydrogen-bond donors (Lipinski definition) is 1. The van der Waals surface area contributed by atoms with Crippen LogP contribution < -0.4 is 15.4 Å². The van der Waals surface area contributed by atoms with Crippen molar-refractivity contribution in [3.8, 4) is 5.75 Å². The molecule has 4 heteroatoms. The van der Waals surface area contributed by atoms with Crippen molar-refractivity contribution in [1.29, 1.82) is 0 Å². The highest BCUT2D eigenvalue weighted by Gasteiger charge is 2.65. The van der Waals surface area contributed by atoms with Crippen LogP contribution in [0.1, 0.15) is 12.0 Å². The van der Waals surface area contributed by atoms with Crippen molar-refractivity contribution in [2.24, 2.45) is 5.73 Å². The molecule has 1 heterocycles. The normalized spacial score (nSPS) is 30.8. The van der Waals surface area contributed by atoms with E-state index in [1.165, 1.54) is 0 Å². The van der Waals surface area contributed by atoms with Gasteiger partial charge in [0, 0.05) is 18.8 Å². The predicted octanol–water partition coefficient (Wildman–Crippen LogP) is 0.640. The Labute approximate surface area is 94.0 Å². The van der Waals surface area contributed by atoms with E-state index in [1.807, 2.05) is 18.2 Å². The minimum atomic E-state index is -0.460. The van der Waals surface area contributed by atoms with Crippen molar-refractivity contribution >= 4 is 11.6 Å². The Balaban J connectivity index is 2.19. The summed E-state index contributed by atoms with van der Waals surface area (Å²) in [5, 5.41) is 0. The zero-order valence-electron chi connectivity index (χ0n) is 9.36. The largest absolute Gasteiger partial charge is 0.497 e. The summed E-state index contributed by atoms with van der Waals surface area (Å²) in [4.78, 5) is 13.9. The van der Waals surface area contributed by atoms with E-state index >= 15 is 0 Å². The van der Waals surface area contributed by atoms with Gasteiger partial charge in [0.2, 0.25) is 5.91 Å². The van der Waals surface area contributed by atoms with Gasteiger partial charge in [0.25, 0.3) is 0 Å². The van der Waals surface area contributed by atoms with Gasteiger partial charge in [-0.25, -0.2) is 0 Å². The predicted molar refractivity (Wildman–Crippen MR) is 60.7 cm³/mol. The molecule has 1 saturated carbocycles. The molecule has 1 aliphatic heterocycles. The third-order valence-electron chi connectivity index (χ3n) is 3.75. The van der Waals surface area contributed by atoms with Gasteiger partial charge in [-0.3, -0.25) is 4.79 Å². The molecule has 1 aliphatic carbocycles. The standard InChI is InChI=1S/C12H14N2O2/c1-14-9-4-3-7(16-2)5-8(9)12(11(14)15)6-10(12)13/h3-5,10H,6,13H2,1-2H3. The van der Waals surface area contributed by atoms with Crippen LogP contribution in [0.4, 0.5) is 5.69 Å². The van der Waals surface area contributed by atoms with Gasteiger partial charge in [-0.05, 0) is 30.2 Å². The van der Waals surface area contributed by atoms with Crippen LogP contribution in [0.5, 0.6) is 5.75 Å². The number of likely N-dealkylation sites (N-methyl/N-ethyl adjacent to an activating group) is 1. The van der Waals surface area contributed by atoms with E-state index in [9.17, 15) is 4.79 Å². The zero-order chi connectivity index (χ0) is 11.5. The van der Waals surface area contributed by atoms with E-state index in [0.29, 0.717) is 0 Å². The summed E-state index contributed by atoms with van der Waals surface area (Å²) < 4.78 is 5.20. The average molecular weight is 218 g/mol. The van der Waals surface area contributed by atoms with Gasteiger partial charge in [-0.15, -0.1) is 0 Å². The summed E-state index contributed by atoms with van der Waals surface area (Å²) in [6, 6.07) is 5.68. The van der Waals surface area contributed by atoms with Gasteiger partial charge in [0.05, 0.1) is 12.5 Å². The molecule has 1 amide bonds. The Morgan fingerprint density at radius 3 is 2.81 bits per heavy atom. The summed E-state index contributed by atoms with van der Waals surface area (Å²) in [5.74, 6) is 0.892. The van der Waals surface area contributed by atoms with Crippen LogP contribution in [0.2, 0.25) is 0 Å². The number of fused-ring (bicyclic) bond motifs is 2. The smallest absolute Gasteiger partial charge is 0.239 e. The average Bonchev–Trinajstić information content (AvgIpc) is 2.94. The quantitative estimate of drug-likeness (QED) is 0.752. The molecule has 2 atom stereocenters. The lowest BCUT2D eigenvalue weighted by atomic mass is 9.96. The molecular formula is C12H14N2O2.